The number of rotatable bonds is 9. The topological polar surface area (TPSA) is 78.9 Å². The maximum absolute atomic E-state index is 11.9. The van der Waals surface area contributed by atoms with Crippen molar-refractivity contribution in [2.75, 3.05) is 0 Å². The molecule has 0 bridgehead atoms. The van der Waals surface area contributed by atoms with Crippen LogP contribution in [0, 0.1) is 49.2 Å². The average Bonchev–Trinajstić information content (AvgIpc) is 3.00. The van der Waals surface area contributed by atoms with Gasteiger partial charge in [0.15, 0.2) is 0 Å². The van der Waals surface area contributed by atoms with E-state index in [0.29, 0.717) is 0 Å². The number of ether oxygens (including phenoxy) is 3. The largest absolute Gasteiger partial charge is 0.460 e. The maximum atomic E-state index is 11.9. The highest BCUT2D eigenvalue weighted by molar-refractivity contribution is 14.1. The highest BCUT2D eigenvalue weighted by Crippen LogP contribution is 2.23. The van der Waals surface area contributed by atoms with Crippen LogP contribution in [-0.4, -0.2) is 34.7 Å². The highest BCUT2D eigenvalue weighted by atomic mass is 127. The molecular formula is C45H63I3O6. The fourth-order valence-electron chi connectivity index (χ4n) is 5.03. The smallest absolute Gasteiger partial charge is 0.309 e. The number of benzene rings is 3. The monoisotopic (exact) mass is 1080 g/mol. The van der Waals surface area contributed by atoms with Gasteiger partial charge in [-0.25, -0.2) is 0 Å². The number of esters is 3. The molecule has 3 aromatic carbocycles. The van der Waals surface area contributed by atoms with E-state index in [2.05, 4.69) is 143 Å². The van der Waals surface area contributed by atoms with Gasteiger partial charge in [0.25, 0.3) is 0 Å². The summed E-state index contributed by atoms with van der Waals surface area (Å²) in [5, 5.41) is 0. The van der Waals surface area contributed by atoms with Crippen LogP contribution in [0.5, 0.6) is 0 Å². The van der Waals surface area contributed by atoms with Crippen molar-refractivity contribution in [1.82, 2.24) is 0 Å². The number of carbonyl (C=O) groups is 3. The minimum Gasteiger partial charge on any atom is -0.460 e. The fourth-order valence-corrected chi connectivity index (χ4v) is 6.69. The van der Waals surface area contributed by atoms with Crippen LogP contribution in [0.2, 0.25) is 0 Å². The average molecular weight is 1080 g/mol. The predicted molar refractivity (Wildman–Crippen MR) is 248 cm³/mol. The van der Waals surface area contributed by atoms with E-state index in [-0.39, 0.29) is 35.7 Å². The molecule has 54 heavy (non-hydrogen) atoms. The molecule has 0 amide bonds. The van der Waals surface area contributed by atoms with Gasteiger partial charge in [0.2, 0.25) is 0 Å². The lowest BCUT2D eigenvalue weighted by Gasteiger charge is -2.22. The molecule has 0 aliphatic rings. The molecule has 3 aromatic rings. The van der Waals surface area contributed by atoms with Gasteiger partial charge in [-0.1, -0.05) is 73.9 Å². The summed E-state index contributed by atoms with van der Waals surface area (Å²) < 4.78 is 19.8. The van der Waals surface area contributed by atoms with Crippen molar-refractivity contribution in [1.29, 1.82) is 0 Å². The Balaban J connectivity index is 0.000000405. The van der Waals surface area contributed by atoms with Gasteiger partial charge in [-0.05, 0) is 205 Å². The number of carbonyl (C=O) groups excluding carboxylic acids is 3. The van der Waals surface area contributed by atoms with Crippen LogP contribution in [-0.2, 0) is 47.9 Å². The van der Waals surface area contributed by atoms with E-state index in [1.54, 1.807) is 0 Å². The molecule has 0 heterocycles. The van der Waals surface area contributed by atoms with Crippen molar-refractivity contribution in [3.63, 3.8) is 0 Å². The molecule has 9 heteroatoms. The van der Waals surface area contributed by atoms with Crippen molar-refractivity contribution in [2.45, 2.75) is 140 Å². The van der Waals surface area contributed by atoms with Crippen molar-refractivity contribution < 1.29 is 28.6 Å². The van der Waals surface area contributed by atoms with E-state index in [0.717, 1.165) is 19.3 Å². The van der Waals surface area contributed by atoms with Gasteiger partial charge in [0.1, 0.15) is 16.8 Å². The van der Waals surface area contributed by atoms with Gasteiger partial charge < -0.3 is 14.2 Å². The van der Waals surface area contributed by atoms with E-state index in [9.17, 15) is 14.4 Å². The Morgan fingerprint density at radius 1 is 0.463 bits per heavy atom. The summed E-state index contributed by atoms with van der Waals surface area (Å²) in [5.41, 5.74) is 6.09. The Morgan fingerprint density at radius 3 is 0.852 bits per heavy atom. The number of hydrogen-bond donors (Lipinski definition) is 0. The molecule has 0 fully saturated rings. The molecule has 300 valence electrons. The van der Waals surface area contributed by atoms with Crippen molar-refractivity contribution in [3.8, 4) is 0 Å². The third-order valence-electron chi connectivity index (χ3n) is 7.61. The van der Waals surface area contributed by atoms with E-state index >= 15 is 0 Å². The summed E-state index contributed by atoms with van der Waals surface area (Å²) in [4.78, 5) is 35.8. The first-order valence-corrected chi connectivity index (χ1v) is 21.7. The van der Waals surface area contributed by atoms with Crippen molar-refractivity contribution in [3.05, 3.63) is 98.7 Å². The molecule has 0 aromatic heterocycles. The second-order valence-electron chi connectivity index (χ2n) is 17.2. The van der Waals surface area contributed by atoms with E-state index < -0.39 is 16.8 Å². The molecule has 0 aliphatic heterocycles. The van der Waals surface area contributed by atoms with Crippen LogP contribution in [0.4, 0.5) is 0 Å². The molecule has 0 aliphatic carbocycles. The SMILES string of the molecule is Cc1ccc(I)c(CC(C)C(=O)OC(C)(C)C)c1.Cc1ccc(I)c(C[C@@H](C)C(=O)OC(C)(C)C)c1.Cc1ccc(I)c(C[C@H](C)C(=O)OC(C)(C)C)c1. The van der Waals surface area contributed by atoms with Crippen LogP contribution < -0.4 is 0 Å². The summed E-state index contributed by atoms with van der Waals surface area (Å²) in [6.07, 6.45) is 2.19. The molecule has 0 spiro atoms. The predicted octanol–water partition coefficient (Wildman–Crippen LogP) is 12.4. The summed E-state index contributed by atoms with van der Waals surface area (Å²) in [6.45, 7) is 29.0. The van der Waals surface area contributed by atoms with Crippen LogP contribution in [0.25, 0.3) is 0 Å². The van der Waals surface area contributed by atoms with Gasteiger partial charge in [-0.3, -0.25) is 14.4 Å². The molecule has 0 N–H and O–H groups in total. The quantitative estimate of drug-likeness (QED) is 0.121. The van der Waals surface area contributed by atoms with Gasteiger partial charge in [-0.15, -0.1) is 0 Å². The molecule has 3 atom stereocenters. The van der Waals surface area contributed by atoms with Crippen LogP contribution in [0.15, 0.2) is 54.6 Å². The summed E-state index contributed by atoms with van der Waals surface area (Å²) in [6, 6.07) is 19.0. The second kappa shape index (κ2) is 22.3. The Bertz CT molecular complexity index is 1500. The zero-order chi connectivity index (χ0) is 41.8. The lowest BCUT2D eigenvalue weighted by Crippen LogP contribution is -2.28. The first kappa shape index (κ1) is 50.3. The molecular weight excluding hydrogens is 1020 g/mol. The Hall–Kier alpha value is -1.74. The van der Waals surface area contributed by atoms with Crippen LogP contribution in [0.3, 0.4) is 0 Å². The van der Waals surface area contributed by atoms with Gasteiger partial charge in [0, 0.05) is 10.7 Å². The minimum absolute atomic E-state index is 0.112. The Labute approximate surface area is 367 Å². The maximum Gasteiger partial charge on any atom is 0.309 e. The van der Waals surface area contributed by atoms with Crippen LogP contribution in [0.1, 0.15) is 116 Å². The summed E-state index contributed by atoms with van der Waals surface area (Å²) >= 11 is 6.93. The Kier molecular flexibility index (Phi) is 20.7. The van der Waals surface area contributed by atoms with Gasteiger partial charge in [0.05, 0.1) is 17.8 Å². The third kappa shape index (κ3) is 21.0. The molecule has 1 unspecified atom stereocenters. The van der Waals surface area contributed by atoms with E-state index in [4.69, 9.17) is 14.2 Å². The molecule has 0 radical (unpaired) electrons. The second-order valence-corrected chi connectivity index (χ2v) is 20.7. The Morgan fingerprint density at radius 2 is 0.667 bits per heavy atom. The summed E-state index contributed by atoms with van der Waals surface area (Å²) in [5.74, 6) is -0.710. The molecule has 0 saturated heterocycles. The minimum atomic E-state index is -0.412. The van der Waals surface area contributed by atoms with Crippen molar-refractivity contribution >= 4 is 85.7 Å². The highest BCUT2D eigenvalue weighted by Gasteiger charge is 2.24. The number of aryl methyl sites for hydroxylation is 3. The van der Waals surface area contributed by atoms with Gasteiger partial charge >= 0.3 is 17.9 Å². The molecule has 6 nitrogen and oxygen atoms in total. The zero-order valence-electron chi connectivity index (χ0n) is 35.1. The first-order valence-electron chi connectivity index (χ1n) is 18.5. The van der Waals surface area contributed by atoms with E-state index in [1.165, 1.54) is 44.1 Å². The number of halogens is 3. The molecule has 3 rings (SSSR count). The lowest BCUT2D eigenvalue weighted by atomic mass is 9.99. The standard InChI is InChI=1S/3C15H21IO2/c3*1-10-6-7-13(16)12(8-10)9-11(2)14(17)18-15(3,4)5/h3*6-8,11H,9H2,1-5H3/t2*11-;/m10./s1. The number of hydrogen-bond acceptors (Lipinski definition) is 6. The first-order chi connectivity index (χ1) is 24.6. The van der Waals surface area contributed by atoms with E-state index in [1.807, 2.05) is 83.1 Å². The zero-order valence-corrected chi connectivity index (χ0v) is 41.6. The molecule has 0 saturated carbocycles. The third-order valence-corrected chi connectivity index (χ3v) is 10.8. The van der Waals surface area contributed by atoms with Crippen molar-refractivity contribution in [2.24, 2.45) is 17.8 Å². The van der Waals surface area contributed by atoms with Crippen LogP contribution >= 0.6 is 67.8 Å². The fraction of sp³-hybridized carbons (Fsp3) is 0.533. The lowest BCUT2D eigenvalue weighted by molar-refractivity contribution is -0.160. The normalized spacial score (nSPS) is 13.2. The summed E-state index contributed by atoms with van der Waals surface area (Å²) in [7, 11) is 0. The van der Waals surface area contributed by atoms with Gasteiger partial charge in [-0.2, -0.15) is 0 Å².